The minimum atomic E-state index is -0.614. The van der Waals surface area contributed by atoms with Crippen LogP contribution in [0.5, 0.6) is 5.75 Å². The van der Waals surface area contributed by atoms with Crippen molar-refractivity contribution in [3.8, 4) is 11.8 Å². The summed E-state index contributed by atoms with van der Waals surface area (Å²) in [5.74, 6) is -0.239. The molecule has 1 atom stereocenters. The summed E-state index contributed by atoms with van der Waals surface area (Å²) in [6.07, 6.45) is 1.64. The van der Waals surface area contributed by atoms with Crippen LogP contribution in [0.3, 0.4) is 0 Å². The number of hydrogen-bond donors (Lipinski definition) is 1. The number of carbonyl (C=O) groups is 1. The second-order valence-electron chi connectivity index (χ2n) is 9.79. The van der Waals surface area contributed by atoms with E-state index in [-0.39, 0.29) is 22.2 Å². The third-order valence-electron chi connectivity index (χ3n) is 7.32. The number of allylic oxidation sites excluding steroid dienone is 3. The van der Waals surface area contributed by atoms with E-state index in [4.69, 9.17) is 22.1 Å². The van der Waals surface area contributed by atoms with Gasteiger partial charge in [-0.1, -0.05) is 39.7 Å². The molecule has 198 valence electrons. The van der Waals surface area contributed by atoms with Crippen molar-refractivity contribution in [3.05, 3.63) is 115 Å². The van der Waals surface area contributed by atoms with Gasteiger partial charge in [-0.25, -0.2) is 4.39 Å². The molecule has 39 heavy (non-hydrogen) atoms. The summed E-state index contributed by atoms with van der Waals surface area (Å²) in [6.45, 7) is 4.32. The first-order valence-corrected chi connectivity index (χ1v) is 13.8. The number of carbonyl (C=O) groups excluding carboxylic acids is 1. The third-order valence-corrected chi connectivity index (χ3v) is 8.14. The normalized spacial score (nSPS) is 17.3. The van der Waals surface area contributed by atoms with Gasteiger partial charge in [-0.15, -0.1) is 0 Å². The Morgan fingerprint density at radius 1 is 1.13 bits per heavy atom. The van der Waals surface area contributed by atoms with Crippen LogP contribution in [-0.2, 0) is 11.4 Å². The van der Waals surface area contributed by atoms with Gasteiger partial charge in [0.25, 0.3) is 0 Å². The van der Waals surface area contributed by atoms with Gasteiger partial charge in [-0.2, -0.15) is 5.26 Å². The van der Waals surface area contributed by atoms with E-state index in [2.05, 4.69) is 28.1 Å². The van der Waals surface area contributed by atoms with E-state index in [0.29, 0.717) is 37.1 Å². The number of nitrogens with zero attached hydrogens (tertiary/aromatic N) is 2. The quantitative estimate of drug-likeness (QED) is 0.321. The predicted octanol–water partition coefficient (Wildman–Crippen LogP) is 7.74. The molecule has 1 unspecified atom stereocenters. The Kier molecular flexibility index (Phi) is 7.53. The molecule has 0 aromatic heterocycles. The van der Waals surface area contributed by atoms with Crippen LogP contribution >= 0.6 is 27.5 Å². The van der Waals surface area contributed by atoms with Crippen molar-refractivity contribution in [2.24, 2.45) is 5.73 Å². The Morgan fingerprint density at radius 3 is 2.56 bits per heavy atom. The van der Waals surface area contributed by atoms with Crippen molar-refractivity contribution in [1.29, 1.82) is 5.26 Å². The number of nitriles is 1. The van der Waals surface area contributed by atoms with Crippen LogP contribution in [-0.4, -0.2) is 5.78 Å². The third kappa shape index (κ3) is 5.07. The van der Waals surface area contributed by atoms with Gasteiger partial charge >= 0.3 is 0 Å². The van der Waals surface area contributed by atoms with Crippen LogP contribution in [0.25, 0.3) is 0 Å². The Bertz CT molecular complexity index is 1590. The zero-order valence-electron chi connectivity index (χ0n) is 21.5. The number of nitrogens with two attached hydrogens (primary N) is 1. The first-order chi connectivity index (χ1) is 18.7. The molecule has 8 heteroatoms. The molecule has 0 saturated carbocycles. The van der Waals surface area contributed by atoms with Crippen LogP contribution in [0, 0.1) is 31.0 Å². The number of rotatable bonds is 5. The minimum Gasteiger partial charge on any atom is -0.489 e. The van der Waals surface area contributed by atoms with Crippen LogP contribution in [0.2, 0.25) is 5.02 Å². The Balaban J connectivity index is 1.62. The van der Waals surface area contributed by atoms with Crippen molar-refractivity contribution in [2.75, 3.05) is 4.90 Å². The molecule has 3 aromatic carbocycles. The highest BCUT2D eigenvalue weighted by Crippen LogP contribution is 2.47. The maximum Gasteiger partial charge on any atom is 0.161 e. The number of benzene rings is 3. The van der Waals surface area contributed by atoms with Crippen molar-refractivity contribution in [2.45, 2.75) is 45.6 Å². The zero-order chi connectivity index (χ0) is 27.8. The van der Waals surface area contributed by atoms with Crippen molar-refractivity contribution < 1.29 is 13.9 Å². The van der Waals surface area contributed by atoms with E-state index in [1.165, 1.54) is 12.1 Å². The van der Waals surface area contributed by atoms with Gasteiger partial charge in [0.15, 0.2) is 5.78 Å². The minimum absolute atomic E-state index is 0.0210. The van der Waals surface area contributed by atoms with Gasteiger partial charge in [-0.3, -0.25) is 9.69 Å². The summed E-state index contributed by atoms with van der Waals surface area (Å²) in [5.41, 5.74) is 12.5. The molecule has 5 rings (SSSR count). The molecular formula is C31H26BrClFN3O2. The molecular weight excluding hydrogens is 581 g/mol. The first kappa shape index (κ1) is 27.0. The fourth-order valence-corrected chi connectivity index (χ4v) is 5.83. The average molecular weight is 607 g/mol. The standard InChI is InChI=1S/C31H26BrClFN3O2/c1-17-12-18(2)23(13-19(17)16-39-22-9-6-20(32)7-10-22)29-24(15-35)31(36)37(21-8-11-26(34)25(33)14-21)27-4-3-5-28(38)30(27)29/h6-14,29H,3-5,16,36H2,1-2H3. The molecule has 1 aliphatic carbocycles. The zero-order valence-corrected chi connectivity index (χ0v) is 23.9. The topological polar surface area (TPSA) is 79.4 Å². The number of aryl methyl sites for hydroxylation is 2. The van der Waals surface area contributed by atoms with Crippen LogP contribution < -0.4 is 15.4 Å². The first-order valence-electron chi connectivity index (χ1n) is 12.6. The van der Waals surface area contributed by atoms with E-state index < -0.39 is 11.7 Å². The molecule has 1 aliphatic heterocycles. The molecule has 0 amide bonds. The molecule has 2 N–H and O–H groups in total. The summed E-state index contributed by atoms with van der Waals surface area (Å²) < 4.78 is 21.0. The van der Waals surface area contributed by atoms with E-state index >= 15 is 0 Å². The molecule has 0 saturated heterocycles. The van der Waals surface area contributed by atoms with Gasteiger partial charge < -0.3 is 10.5 Å². The second-order valence-corrected chi connectivity index (χ2v) is 11.1. The molecule has 0 fully saturated rings. The summed E-state index contributed by atoms with van der Waals surface area (Å²) >= 11 is 9.53. The van der Waals surface area contributed by atoms with Crippen LogP contribution in [0.4, 0.5) is 10.1 Å². The highest BCUT2D eigenvalue weighted by atomic mass is 79.9. The summed E-state index contributed by atoms with van der Waals surface area (Å²) in [4.78, 5) is 15.2. The largest absolute Gasteiger partial charge is 0.489 e. The van der Waals surface area contributed by atoms with Crippen molar-refractivity contribution in [3.63, 3.8) is 0 Å². The van der Waals surface area contributed by atoms with E-state index in [1.54, 1.807) is 11.0 Å². The highest BCUT2D eigenvalue weighted by molar-refractivity contribution is 9.10. The second kappa shape index (κ2) is 10.9. The molecule has 0 bridgehead atoms. The maximum absolute atomic E-state index is 14.0. The summed E-state index contributed by atoms with van der Waals surface area (Å²) in [5, 5.41) is 10.3. The SMILES string of the molecule is Cc1cc(C)c(C2C(C#N)=C(N)N(c3ccc(F)c(Cl)c3)C3=C2C(=O)CCC3)cc1COc1ccc(Br)cc1. The summed E-state index contributed by atoms with van der Waals surface area (Å²) in [6, 6.07) is 18.3. The number of hydrogen-bond acceptors (Lipinski definition) is 5. The number of ketones is 1. The van der Waals surface area contributed by atoms with E-state index in [1.807, 2.05) is 44.2 Å². The molecule has 2 aliphatic rings. The lowest BCUT2D eigenvalue weighted by molar-refractivity contribution is -0.116. The van der Waals surface area contributed by atoms with Crippen molar-refractivity contribution in [1.82, 2.24) is 0 Å². The molecule has 0 radical (unpaired) electrons. The van der Waals surface area contributed by atoms with E-state index in [9.17, 15) is 14.4 Å². The van der Waals surface area contributed by atoms with Gasteiger partial charge in [0.05, 0.1) is 22.6 Å². The lowest BCUT2D eigenvalue weighted by atomic mass is 9.74. The summed E-state index contributed by atoms with van der Waals surface area (Å²) in [7, 11) is 0. The lowest BCUT2D eigenvalue weighted by Crippen LogP contribution is -2.39. The molecule has 3 aromatic rings. The van der Waals surface area contributed by atoms with Crippen LogP contribution in [0.15, 0.2) is 81.7 Å². The Hall–Kier alpha value is -3.60. The number of halogens is 3. The fourth-order valence-electron chi connectivity index (χ4n) is 5.39. The molecule has 0 spiro atoms. The molecule has 1 heterocycles. The van der Waals surface area contributed by atoms with Crippen LogP contribution in [0.1, 0.15) is 47.4 Å². The predicted molar refractivity (Wildman–Crippen MR) is 154 cm³/mol. The van der Waals surface area contributed by atoms with Gasteiger partial charge in [0.2, 0.25) is 0 Å². The number of Topliss-reactive ketones (excluding diaryl/α,β-unsaturated/α-hetero) is 1. The highest BCUT2D eigenvalue weighted by Gasteiger charge is 2.41. The number of ether oxygens (including phenoxy) is 1. The lowest BCUT2D eigenvalue weighted by Gasteiger charge is -2.40. The van der Waals surface area contributed by atoms with Crippen molar-refractivity contribution >= 4 is 39.0 Å². The molecule has 5 nitrogen and oxygen atoms in total. The monoisotopic (exact) mass is 605 g/mol. The van der Waals surface area contributed by atoms with Gasteiger partial charge in [0, 0.05) is 27.9 Å². The Labute approximate surface area is 240 Å². The van der Waals surface area contributed by atoms with Gasteiger partial charge in [0.1, 0.15) is 24.0 Å². The average Bonchev–Trinajstić information content (AvgIpc) is 2.90. The van der Waals surface area contributed by atoms with Gasteiger partial charge in [-0.05, 0) is 91.4 Å². The smallest absolute Gasteiger partial charge is 0.161 e. The Morgan fingerprint density at radius 2 is 1.87 bits per heavy atom. The van der Waals surface area contributed by atoms with E-state index in [0.717, 1.165) is 38.2 Å². The number of anilines is 1. The fraction of sp³-hybridized carbons (Fsp3) is 0.226. The maximum atomic E-state index is 14.0.